The first-order valence-corrected chi connectivity index (χ1v) is 4.70. The second-order valence-electron chi connectivity index (χ2n) is 3.32. The number of anilines is 1. The zero-order valence-electron chi connectivity index (χ0n) is 5.97. The molecule has 0 radical (unpaired) electrons. The molecule has 56 valence electrons. The highest BCUT2D eigenvalue weighted by molar-refractivity contribution is 9.10. The van der Waals surface area contributed by atoms with Crippen molar-refractivity contribution in [3.05, 3.63) is 28.2 Å². The SMILES string of the molecule is Brc1ccc2c(c1)NC1CC21. The molecule has 0 saturated heterocycles. The molecule has 1 aromatic carbocycles. The topological polar surface area (TPSA) is 12.0 Å². The predicted molar refractivity (Wildman–Crippen MR) is 48.9 cm³/mol. The highest BCUT2D eigenvalue weighted by Crippen LogP contribution is 2.52. The van der Waals surface area contributed by atoms with Crippen molar-refractivity contribution in [2.75, 3.05) is 5.32 Å². The Balaban J connectivity index is 2.18. The molecule has 0 bridgehead atoms. The van der Waals surface area contributed by atoms with E-state index in [-0.39, 0.29) is 0 Å². The molecule has 3 rings (SSSR count). The Morgan fingerprint density at radius 3 is 3.27 bits per heavy atom. The van der Waals surface area contributed by atoms with Crippen LogP contribution in [0.4, 0.5) is 5.69 Å². The number of fused-ring (bicyclic) bond motifs is 3. The summed E-state index contributed by atoms with van der Waals surface area (Å²) in [7, 11) is 0. The molecular weight excluding hydrogens is 202 g/mol. The molecule has 1 aromatic rings. The summed E-state index contributed by atoms with van der Waals surface area (Å²) in [5, 5.41) is 3.48. The van der Waals surface area contributed by atoms with Gasteiger partial charge in [-0.25, -0.2) is 0 Å². The highest BCUT2D eigenvalue weighted by Gasteiger charge is 2.44. The summed E-state index contributed by atoms with van der Waals surface area (Å²) >= 11 is 3.46. The van der Waals surface area contributed by atoms with E-state index in [0.29, 0.717) is 0 Å². The first-order chi connectivity index (χ1) is 5.34. The van der Waals surface area contributed by atoms with Gasteiger partial charge in [0, 0.05) is 22.1 Å². The molecule has 2 atom stereocenters. The van der Waals surface area contributed by atoms with Gasteiger partial charge < -0.3 is 5.32 Å². The third-order valence-corrected chi connectivity index (χ3v) is 3.04. The van der Waals surface area contributed by atoms with Crippen LogP contribution >= 0.6 is 15.9 Å². The molecule has 1 heterocycles. The maximum atomic E-state index is 3.48. The average molecular weight is 210 g/mol. The van der Waals surface area contributed by atoms with Gasteiger partial charge in [0.25, 0.3) is 0 Å². The number of halogens is 1. The Morgan fingerprint density at radius 1 is 1.45 bits per heavy atom. The van der Waals surface area contributed by atoms with E-state index in [0.717, 1.165) is 12.0 Å². The maximum Gasteiger partial charge on any atom is 0.0390 e. The van der Waals surface area contributed by atoms with Crippen molar-refractivity contribution < 1.29 is 0 Å². The third-order valence-electron chi connectivity index (χ3n) is 2.55. The monoisotopic (exact) mass is 209 g/mol. The van der Waals surface area contributed by atoms with Crippen molar-refractivity contribution in [1.82, 2.24) is 0 Å². The van der Waals surface area contributed by atoms with Gasteiger partial charge in [-0.2, -0.15) is 0 Å². The summed E-state index contributed by atoms with van der Waals surface area (Å²) < 4.78 is 1.17. The van der Waals surface area contributed by atoms with Gasteiger partial charge in [0.05, 0.1) is 0 Å². The van der Waals surface area contributed by atoms with Crippen LogP contribution in [0.2, 0.25) is 0 Å². The van der Waals surface area contributed by atoms with E-state index in [2.05, 4.69) is 39.4 Å². The molecular formula is C9H8BrN. The van der Waals surface area contributed by atoms with Gasteiger partial charge in [0.2, 0.25) is 0 Å². The van der Waals surface area contributed by atoms with Crippen LogP contribution in [0.15, 0.2) is 22.7 Å². The molecule has 1 nitrogen and oxygen atoms in total. The van der Waals surface area contributed by atoms with Crippen molar-refractivity contribution in [1.29, 1.82) is 0 Å². The Bertz CT molecular complexity index is 321. The van der Waals surface area contributed by atoms with Crippen molar-refractivity contribution in [3.8, 4) is 0 Å². The quantitative estimate of drug-likeness (QED) is 0.694. The average Bonchev–Trinajstić information content (AvgIpc) is 2.63. The Hall–Kier alpha value is -0.500. The Morgan fingerprint density at radius 2 is 2.36 bits per heavy atom. The normalized spacial score (nSPS) is 30.6. The second kappa shape index (κ2) is 1.81. The smallest absolute Gasteiger partial charge is 0.0390 e. The number of hydrogen-bond acceptors (Lipinski definition) is 1. The fourth-order valence-electron chi connectivity index (χ4n) is 1.87. The van der Waals surface area contributed by atoms with Crippen LogP contribution in [-0.2, 0) is 0 Å². The van der Waals surface area contributed by atoms with E-state index in [1.54, 1.807) is 0 Å². The summed E-state index contributed by atoms with van der Waals surface area (Å²) in [5.41, 5.74) is 2.85. The van der Waals surface area contributed by atoms with Gasteiger partial charge in [0.15, 0.2) is 0 Å². The van der Waals surface area contributed by atoms with Crippen LogP contribution in [-0.4, -0.2) is 6.04 Å². The van der Waals surface area contributed by atoms with Crippen molar-refractivity contribution in [2.24, 2.45) is 0 Å². The Labute approximate surface area is 73.9 Å². The number of rotatable bonds is 0. The molecule has 0 amide bonds. The summed E-state index contributed by atoms with van der Waals surface area (Å²) in [6, 6.07) is 7.28. The van der Waals surface area contributed by atoms with Gasteiger partial charge in [-0.1, -0.05) is 22.0 Å². The summed E-state index contributed by atoms with van der Waals surface area (Å²) in [6.45, 7) is 0. The highest BCUT2D eigenvalue weighted by atomic mass is 79.9. The second-order valence-corrected chi connectivity index (χ2v) is 4.24. The van der Waals surface area contributed by atoms with Crippen molar-refractivity contribution in [3.63, 3.8) is 0 Å². The molecule has 11 heavy (non-hydrogen) atoms. The summed E-state index contributed by atoms with van der Waals surface area (Å²) in [4.78, 5) is 0. The molecule has 1 saturated carbocycles. The van der Waals surface area contributed by atoms with Gasteiger partial charge in [0.1, 0.15) is 0 Å². The first kappa shape index (κ1) is 6.06. The van der Waals surface area contributed by atoms with E-state index >= 15 is 0 Å². The number of benzene rings is 1. The molecule has 1 aliphatic carbocycles. The van der Waals surface area contributed by atoms with Crippen LogP contribution < -0.4 is 5.32 Å². The largest absolute Gasteiger partial charge is 0.381 e. The number of nitrogens with one attached hydrogen (secondary N) is 1. The molecule has 0 aromatic heterocycles. The van der Waals surface area contributed by atoms with Crippen LogP contribution in [0.1, 0.15) is 17.9 Å². The van der Waals surface area contributed by atoms with Gasteiger partial charge in [-0.3, -0.25) is 0 Å². The minimum absolute atomic E-state index is 0.763. The number of hydrogen-bond donors (Lipinski definition) is 1. The molecule has 0 spiro atoms. The minimum atomic E-state index is 0.763. The lowest BCUT2D eigenvalue weighted by molar-refractivity contribution is 1.14. The van der Waals surface area contributed by atoms with Crippen LogP contribution in [0.5, 0.6) is 0 Å². The molecule has 1 fully saturated rings. The molecule has 2 aliphatic rings. The summed E-state index contributed by atoms with van der Waals surface area (Å²) in [5.74, 6) is 0.832. The van der Waals surface area contributed by atoms with E-state index < -0.39 is 0 Å². The molecule has 2 heteroatoms. The zero-order valence-corrected chi connectivity index (χ0v) is 7.56. The first-order valence-electron chi connectivity index (χ1n) is 3.90. The van der Waals surface area contributed by atoms with Gasteiger partial charge in [-0.05, 0) is 24.1 Å². The van der Waals surface area contributed by atoms with Crippen molar-refractivity contribution in [2.45, 2.75) is 18.4 Å². The summed E-state index contributed by atoms with van der Waals surface area (Å²) in [6.07, 6.45) is 1.34. The van der Waals surface area contributed by atoms with E-state index in [1.807, 2.05) is 0 Å². The van der Waals surface area contributed by atoms with Crippen LogP contribution in [0.3, 0.4) is 0 Å². The fourth-order valence-corrected chi connectivity index (χ4v) is 2.24. The maximum absolute atomic E-state index is 3.48. The zero-order chi connectivity index (χ0) is 7.42. The van der Waals surface area contributed by atoms with E-state index in [9.17, 15) is 0 Å². The predicted octanol–water partition coefficient (Wildman–Crippen LogP) is 2.73. The third kappa shape index (κ3) is 0.761. The van der Waals surface area contributed by atoms with Gasteiger partial charge >= 0.3 is 0 Å². The fraction of sp³-hybridized carbons (Fsp3) is 0.333. The van der Waals surface area contributed by atoms with Crippen molar-refractivity contribution >= 4 is 21.6 Å². The van der Waals surface area contributed by atoms with E-state index in [1.165, 1.54) is 22.1 Å². The lowest BCUT2D eigenvalue weighted by Gasteiger charge is -2.03. The standard InChI is InChI=1S/C9H8BrN/c10-5-1-2-6-7-4-9(7)11-8(6)3-5/h1-3,7,9,11H,4H2. The van der Waals surface area contributed by atoms with Gasteiger partial charge in [-0.15, -0.1) is 0 Å². The minimum Gasteiger partial charge on any atom is -0.381 e. The molecule has 2 unspecified atom stereocenters. The Kier molecular flexibility index (Phi) is 0.995. The van der Waals surface area contributed by atoms with Crippen LogP contribution in [0.25, 0.3) is 0 Å². The molecule has 1 aliphatic heterocycles. The van der Waals surface area contributed by atoms with Crippen LogP contribution in [0, 0.1) is 0 Å². The van der Waals surface area contributed by atoms with E-state index in [4.69, 9.17) is 0 Å². The lowest BCUT2D eigenvalue weighted by atomic mass is 10.1. The lowest BCUT2D eigenvalue weighted by Crippen LogP contribution is -1.95. The molecule has 1 N–H and O–H groups in total.